The molecule has 7 heteroatoms. The number of carbonyl (C=O) groups excluding carboxylic acids is 1. The number of halogens is 3. The zero-order chi connectivity index (χ0) is 14.8. The van der Waals surface area contributed by atoms with E-state index in [1.807, 2.05) is 0 Å². The summed E-state index contributed by atoms with van der Waals surface area (Å²) in [5, 5.41) is 10.8. The number of ether oxygens (including phenoxy) is 1. The Balaban J connectivity index is 2.08. The zero-order valence-corrected chi connectivity index (χ0v) is 10.3. The second kappa shape index (κ2) is 5.41. The van der Waals surface area contributed by atoms with Crippen molar-refractivity contribution < 1.29 is 22.7 Å². The molecular formula is C13H11F3N2O2. The maximum absolute atomic E-state index is 12.3. The standard InChI is InChI=1S/C13H11F3N2O2/c14-13(15,16)20-11-4-2-1-3-8(11)9-7-10(9)12(19)18-6-5-17/h1-4,9-10H,6-7H2,(H,18,19)/t9-,10+/m0/s1. The lowest BCUT2D eigenvalue weighted by molar-refractivity contribution is -0.274. The van der Waals surface area contributed by atoms with Crippen molar-refractivity contribution in [3.8, 4) is 11.8 Å². The van der Waals surface area contributed by atoms with Crippen LogP contribution in [0.1, 0.15) is 17.9 Å². The van der Waals surface area contributed by atoms with E-state index in [4.69, 9.17) is 5.26 Å². The van der Waals surface area contributed by atoms with E-state index < -0.39 is 12.3 Å². The van der Waals surface area contributed by atoms with Crippen LogP contribution in [0.2, 0.25) is 0 Å². The number of hydrogen-bond donors (Lipinski definition) is 1. The minimum atomic E-state index is -4.76. The normalized spacial score (nSPS) is 20.9. The van der Waals surface area contributed by atoms with Gasteiger partial charge in [0.25, 0.3) is 0 Å². The molecule has 2 rings (SSSR count). The fraction of sp³-hybridized carbons (Fsp3) is 0.385. The molecule has 1 amide bonds. The Morgan fingerprint density at radius 3 is 2.80 bits per heavy atom. The van der Waals surface area contributed by atoms with E-state index in [2.05, 4.69) is 10.1 Å². The summed E-state index contributed by atoms with van der Waals surface area (Å²) >= 11 is 0. The summed E-state index contributed by atoms with van der Waals surface area (Å²) in [4.78, 5) is 11.6. The molecule has 0 aliphatic heterocycles. The molecule has 0 radical (unpaired) electrons. The summed E-state index contributed by atoms with van der Waals surface area (Å²) in [7, 11) is 0. The van der Waals surface area contributed by atoms with Gasteiger partial charge in [0, 0.05) is 5.92 Å². The molecule has 1 N–H and O–H groups in total. The maximum atomic E-state index is 12.3. The van der Waals surface area contributed by atoms with Crippen LogP contribution < -0.4 is 10.1 Å². The molecule has 1 aromatic carbocycles. The first-order valence-electron chi connectivity index (χ1n) is 5.91. The Morgan fingerprint density at radius 1 is 1.45 bits per heavy atom. The second-order valence-corrected chi connectivity index (χ2v) is 4.41. The van der Waals surface area contributed by atoms with Crippen molar-refractivity contribution in [3.63, 3.8) is 0 Å². The third kappa shape index (κ3) is 3.41. The van der Waals surface area contributed by atoms with E-state index in [9.17, 15) is 18.0 Å². The molecule has 1 fully saturated rings. The van der Waals surface area contributed by atoms with Crippen LogP contribution in [-0.2, 0) is 4.79 Å². The van der Waals surface area contributed by atoms with Crippen molar-refractivity contribution in [2.75, 3.05) is 6.54 Å². The van der Waals surface area contributed by atoms with Crippen LogP contribution in [0.25, 0.3) is 0 Å². The average molecular weight is 284 g/mol. The van der Waals surface area contributed by atoms with E-state index in [0.29, 0.717) is 12.0 Å². The highest BCUT2D eigenvalue weighted by Crippen LogP contribution is 2.50. The molecule has 0 saturated heterocycles. The first-order chi connectivity index (χ1) is 9.42. The van der Waals surface area contributed by atoms with Crippen LogP contribution in [0, 0.1) is 17.2 Å². The quantitative estimate of drug-likeness (QED) is 0.863. The van der Waals surface area contributed by atoms with Crippen LogP contribution in [0.3, 0.4) is 0 Å². The topological polar surface area (TPSA) is 62.1 Å². The van der Waals surface area contributed by atoms with Gasteiger partial charge in [0.05, 0.1) is 6.07 Å². The number of nitrogens with one attached hydrogen (secondary N) is 1. The summed E-state index contributed by atoms with van der Waals surface area (Å²) in [6, 6.07) is 7.56. The average Bonchev–Trinajstić information content (AvgIpc) is 3.15. The maximum Gasteiger partial charge on any atom is 0.573 e. The molecular weight excluding hydrogens is 273 g/mol. The number of carbonyl (C=O) groups is 1. The SMILES string of the molecule is N#CCNC(=O)[C@@H]1C[C@H]1c1ccccc1OC(F)(F)F. The summed E-state index contributed by atoms with van der Waals surface area (Å²) < 4.78 is 40.8. The predicted octanol–water partition coefficient (Wildman–Crippen LogP) is 2.33. The highest BCUT2D eigenvalue weighted by atomic mass is 19.4. The number of rotatable bonds is 4. The van der Waals surface area contributed by atoms with Crippen LogP contribution in [0.4, 0.5) is 13.2 Å². The first kappa shape index (κ1) is 14.2. The van der Waals surface area contributed by atoms with E-state index >= 15 is 0 Å². The van der Waals surface area contributed by atoms with Crippen LogP contribution in [0.15, 0.2) is 24.3 Å². The number of nitriles is 1. The molecule has 0 spiro atoms. The van der Waals surface area contributed by atoms with Gasteiger partial charge in [-0.3, -0.25) is 4.79 Å². The van der Waals surface area contributed by atoms with Crippen molar-refractivity contribution in [2.24, 2.45) is 5.92 Å². The van der Waals surface area contributed by atoms with Crippen LogP contribution >= 0.6 is 0 Å². The summed E-state index contributed by atoms with van der Waals surface area (Å²) in [5.41, 5.74) is 0.363. The molecule has 0 bridgehead atoms. The zero-order valence-electron chi connectivity index (χ0n) is 10.3. The van der Waals surface area contributed by atoms with Gasteiger partial charge in [0.15, 0.2) is 0 Å². The van der Waals surface area contributed by atoms with Crippen molar-refractivity contribution in [3.05, 3.63) is 29.8 Å². The number of benzene rings is 1. The molecule has 20 heavy (non-hydrogen) atoms. The second-order valence-electron chi connectivity index (χ2n) is 4.41. The highest BCUT2D eigenvalue weighted by Gasteiger charge is 2.46. The van der Waals surface area contributed by atoms with Gasteiger partial charge in [-0.15, -0.1) is 13.2 Å². The van der Waals surface area contributed by atoms with Gasteiger partial charge in [0.1, 0.15) is 12.3 Å². The van der Waals surface area contributed by atoms with E-state index in [-0.39, 0.29) is 24.1 Å². The predicted molar refractivity (Wildman–Crippen MR) is 62.6 cm³/mol. The van der Waals surface area contributed by atoms with Crippen molar-refractivity contribution in [1.29, 1.82) is 5.26 Å². The molecule has 0 heterocycles. The Bertz CT molecular complexity index is 551. The highest BCUT2D eigenvalue weighted by molar-refractivity contribution is 5.83. The van der Waals surface area contributed by atoms with E-state index in [0.717, 1.165) is 0 Å². The third-order valence-corrected chi connectivity index (χ3v) is 3.01. The van der Waals surface area contributed by atoms with Crippen molar-refractivity contribution in [1.82, 2.24) is 5.32 Å². The van der Waals surface area contributed by atoms with Gasteiger partial charge >= 0.3 is 6.36 Å². The molecule has 1 aromatic rings. The Morgan fingerprint density at radius 2 is 2.15 bits per heavy atom. The lowest BCUT2D eigenvalue weighted by Gasteiger charge is -2.12. The number of amides is 1. The van der Waals surface area contributed by atoms with Crippen molar-refractivity contribution >= 4 is 5.91 Å². The summed E-state index contributed by atoms with van der Waals surface area (Å²) in [6.07, 6.45) is -4.31. The number of hydrogen-bond acceptors (Lipinski definition) is 3. The number of nitrogens with zero attached hydrogens (tertiary/aromatic N) is 1. The van der Waals surface area contributed by atoms with Gasteiger partial charge in [-0.05, 0) is 24.0 Å². The summed E-state index contributed by atoms with van der Waals surface area (Å²) in [6.45, 7) is -0.108. The monoisotopic (exact) mass is 284 g/mol. The Hall–Kier alpha value is -2.23. The molecule has 106 valence electrons. The largest absolute Gasteiger partial charge is 0.573 e. The minimum Gasteiger partial charge on any atom is -0.405 e. The molecule has 0 unspecified atom stereocenters. The van der Waals surface area contributed by atoms with Gasteiger partial charge < -0.3 is 10.1 Å². The molecule has 1 saturated carbocycles. The fourth-order valence-electron chi connectivity index (χ4n) is 2.09. The van der Waals surface area contributed by atoms with Gasteiger partial charge in [0.2, 0.25) is 5.91 Å². The van der Waals surface area contributed by atoms with E-state index in [1.54, 1.807) is 12.1 Å². The molecule has 1 aliphatic carbocycles. The molecule has 0 aromatic heterocycles. The smallest absolute Gasteiger partial charge is 0.405 e. The Kier molecular flexibility index (Phi) is 3.84. The Labute approximate surface area is 113 Å². The fourth-order valence-corrected chi connectivity index (χ4v) is 2.09. The lowest BCUT2D eigenvalue weighted by Crippen LogP contribution is -2.25. The first-order valence-corrected chi connectivity index (χ1v) is 5.91. The van der Waals surface area contributed by atoms with E-state index in [1.165, 1.54) is 18.2 Å². The molecule has 1 aliphatic rings. The van der Waals surface area contributed by atoms with Gasteiger partial charge in [-0.2, -0.15) is 5.26 Å². The van der Waals surface area contributed by atoms with Crippen molar-refractivity contribution in [2.45, 2.75) is 18.7 Å². The van der Waals surface area contributed by atoms with Gasteiger partial charge in [-0.25, -0.2) is 0 Å². The lowest BCUT2D eigenvalue weighted by atomic mass is 10.1. The summed E-state index contributed by atoms with van der Waals surface area (Å²) in [5.74, 6) is -1.30. The third-order valence-electron chi connectivity index (χ3n) is 3.01. The molecule has 4 nitrogen and oxygen atoms in total. The van der Waals surface area contributed by atoms with Gasteiger partial charge in [-0.1, -0.05) is 18.2 Å². The molecule has 2 atom stereocenters. The van der Waals surface area contributed by atoms with Crippen LogP contribution in [-0.4, -0.2) is 18.8 Å². The number of para-hydroxylation sites is 1. The number of alkyl halides is 3. The van der Waals surface area contributed by atoms with Crippen LogP contribution in [0.5, 0.6) is 5.75 Å². The minimum absolute atomic E-state index is 0.108.